The lowest BCUT2D eigenvalue weighted by molar-refractivity contribution is -0.384. The molecule has 2 aromatic heterocycles. The number of carbonyl (C=O) groups is 1. The quantitative estimate of drug-likeness (QED) is 0.0984. The normalized spacial score (nSPS) is 11.0. The van der Waals surface area contributed by atoms with Gasteiger partial charge in [0.25, 0.3) is 11.2 Å². The van der Waals surface area contributed by atoms with Gasteiger partial charge in [-0.15, -0.1) is 0 Å². The number of non-ortho nitro benzene ring substituents is 1. The molecule has 2 heterocycles. The van der Waals surface area contributed by atoms with Gasteiger partial charge < -0.3 is 4.42 Å². The van der Waals surface area contributed by atoms with E-state index in [1.165, 1.54) is 16.7 Å². The fraction of sp³-hybridized carbons (Fsp3) is 0.0385. The molecule has 0 bridgehead atoms. The van der Waals surface area contributed by atoms with Gasteiger partial charge in [0.1, 0.15) is 5.76 Å². The minimum atomic E-state index is -0.478. The highest BCUT2D eigenvalue weighted by molar-refractivity contribution is 7.99. The smallest absolute Gasteiger partial charge is 0.269 e. The molecule has 5 aromatic rings. The number of nitrogens with zero attached hydrogens (tertiary/aromatic N) is 3. The Balaban J connectivity index is 1.41. The highest BCUT2D eigenvalue weighted by atomic mass is 32.2. The van der Waals surface area contributed by atoms with Gasteiger partial charge in [-0.25, -0.2) is 4.98 Å². The first-order valence-electron chi connectivity index (χ1n) is 10.6. The number of fused-ring (bicyclic) bond motifs is 1. The van der Waals surface area contributed by atoms with E-state index in [0.29, 0.717) is 33.1 Å². The van der Waals surface area contributed by atoms with E-state index in [4.69, 9.17) is 4.42 Å². The summed E-state index contributed by atoms with van der Waals surface area (Å²) in [6, 6.07) is 25.3. The Kier molecular flexibility index (Phi) is 5.99. The van der Waals surface area contributed by atoms with Crippen molar-refractivity contribution in [2.24, 2.45) is 0 Å². The molecule has 9 heteroatoms. The van der Waals surface area contributed by atoms with Gasteiger partial charge in [-0.2, -0.15) is 0 Å². The molecule has 0 radical (unpaired) electrons. The zero-order chi connectivity index (χ0) is 24.4. The van der Waals surface area contributed by atoms with Gasteiger partial charge in [-0.05, 0) is 48.5 Å². The Hall–Kier alpha value is -4.50. The van der Waals surface area contributed by atoms with Gasteiger partial charge in [0.05, 0.1) is 27.3 Å². The first-order valence-corrected chi connectivity index (χ1v) is 11.6. The first kappa shape index (κ1) is 22.3. The molecule has 0 aliphatic carbocycles. The maximum Gasteiger partial charge on any atom is 0.269 e. The Labute approximate surface area is 203 Å². The van der Waals surface area contributed by atoms with Crippen LogP contribution in [0.25, 0.3) is 27.9 Å². The molecule has 0 amide bonds. The number of hydrogen-bond donors (Lipinski definition) is 0. The largest absolute Gasteiger partial charge is 0.453 e. The van der Waals surface area contributed by atoms with Gasteiger partial charge in [0.15, 0.2) is 10.9 Å². The number of ketones is 1. The predicted octanol–water partition coefficient (Wildman–Crippen LogP) is 5.53. The van der Waals surface area contributed by atoms with Crippen LogP contribution >= 0.6 is 11.8 Å². The molecular formula is C26H17N3O5S. The average Bonchev–Trinajstić information content (AvgIpc) is 3.38. The van der Waals surface area contributed by atoms with E-state index in [1.54, 1.807) is 42.5 Å². The SMILES string of the molecule is O=C(CSc1nc2ccccc2c(=O)n1-c1ccccc1)c1ccc(-c2ccc([N+](=O)[O-])cc2)o1. The van der Waals surface area contributed by atoms with Crippen molar-refractivity contribution < 1.29 is 14.1 Å². The minimum Gasteiger partial charge on any atom is -0.453 e. The summed E-state index contributed by atoms with van der Waals surface area (Å²) in [5.74, 6) is 0.314. The third-order valence-corrected chi connectivity index (χ3v) is 6.27. The molecule has 0 atom stereocenters. The fourth-order valence-corrected chi connectivity index (χ4v) is 4.49. The van der Waals surface area contributed by atoms with Crippen molar-refractivity contribution in [3.05, 3.63) is 117 Å². The average molecular weight is 484 g/mol. The van der Waals surface area contributed by atoms with Crippen LogP contribution in [-0.2, 0) is 0 Å². The van der Waals surface area contributed by atoms with E-state index in [1.807, 2.05) is 36.4 Å². The van der Waals surface area contributed by atoms with E-state index < -0.39 is 4.92 Å². The zero-order valence-corrected chi connectivity index (χ0v) is 19.0. The number of thioether (sulfide) groups is 1. The topological polar surface area (TPSA) is 108 Å². The van der Waals surface area contributed by atoms with Gasteiger partial charge >= 0.3 is 0 Å². The van der Waals surface area contributed by atoms with Crippen molar-refractivity contribution in [1.82, 2.24) is 9.55 Å². The Bertz CT molecular complexity index is 1610. The lowest BCUT2D eigenvalue weighted by atomic mass is 10.1. The number of nitro benzene ring substituents is 1. The van der Waals surface area contributed by atoms with Crippen LogP contribution in [0.4, 0.5) is 5.69 Å². The van der Waals surface area contributed by atoms with Crippen molar-refractivity contribution in [3.63, 3.8) is 0 Å². The van der Waals surface area contributed by atoms with E-state index in [9.17, 15) is 19.7 Å². The number of hydrogen-bond acceptors (Lipinski definition) is 7. The number of para-hydroxylation sites is 2. The van der Waals surface area contributed by atoms with Gasteiger partial charge in [0.2, 0.25) is 5.78 Å². The minimum absolute atomic E-state index is 0.00479. The van der Waals surface area contributed by atoms with Crippen LogP contribution in [0.15, 0.2) is 105 Å². The van der Waals surface area contributed by atoms with Crippen LogP contribution in [0, 0.1) is 10.1 Å². The molecule has 172 valence electrons. The Morgan fingerprint density at radius 3 is 2.40 bits per heavy atom. The maximum absolute atomic E-state index is 13.3. The van der Waals surface area contributed by atoms with Crippen LogP contribution in [-0.4, -0.2) is 26.0 Å². The van der Waals surface area contributed by atoms with Gasteiger partial charge in [0, 0.05) is 17.7 Å². The molecule has 0 unspecified atom stereocenters. The van der Waals surface area contributed by atoms with Crippen LogP contribution in [0.1, 0.15) is 10.6 Å². The van der Waals surface area contributed by atoms with Gasteiger partial charge in [-0.3, -0.25) is 24.3 Å². The second-order valence-corrected chi connectivity index (χ2v) is 8.51. The van der Waals surface area contributed by atoms with Crippen LogP contribution in [0.3, 0.4) is 0 Å². The van der Waals surface area contributed by atoms with Crippen LogP contribution < -0.4 is 5.56 Å². The molecule has 35 heavy (non-hydrogen) atoms. The van der Waals surface area contributed by atoms with Crippen molar-refractivity contribution in [3.8, 4) is 17.0 Å². The fourth-order valence-electron chi connectivity index (χ4n) is 3.61. The third kappa shape index (κ3) is 4.49. The van der Waals surface area contributed by atoms with Crippen LogP contribution in [0.2, 0.25) is 0 Å². The van der Waals surface area contributed by atoms with E-state index in [-0.39, 0.29) is 28.5 Å². The highest BCUT2D eigenvalue weighted by Gasteiger charge is 2.18. The lowest BCUT2D eigenvalue weighted by Gasteiger charge is -2.12. The van der Waals surface area contributed by atoms with E-state index in [2.05, 4.69) is 4.98 Å². The van der Waals surface area contributed by atoms with Crippen molar-refractivity contribution in [2.75, 3.05) is 5.75 Å². The molecule has 0 aliphatic rings. The molecule has 0 spiro atoms. The van der Waals surface area contributed by atoms with E-state index >= 15 is 0 Å². The molecule has 0 N–H and O–H groups in total. The number of Topliss-reactive ketones (excluding diaryl/α,β-unsaturated/α-hetero) is 1. The van der Waals surface area contributed by atoms with Crippen LogP contribution in [0.5, 0.6) is 0 Å². The maximum atomic E-state index is 13.3. The Morgan fingerprint density at radius 1 is 0.943 bits per heavy atom. The summed E-state index contributed by atoms with van der Waals surface area (Å²) in [6.45, 7) is 0. The number of benzene rings is 3. The number of aromatic nitrogens is 2. The highest BCUT2D eigenvalue weighted by Crippen LogP contribution is 2.27. The molecule has 0 saturated carbocycles. The van der Waals surface area contributed by atoms with Crippen molar-refractivity contribution >= 4 is 34.1 Å². The summed E-state index contributed by atoms with van der Waals surface area (Å²) in [6.07, 6.45) is 0. The van der Waals surface area contributed by atoms with Crippen molar-refractivity contribution in [2.45, 2.75) is 5.16 Å². The summed E-state index contributed by atoms with van der Waals surface area (Å²) in [4.78, 5) is 41.1. The number of rotatable bonds is 7. The second kappa shape index (κ2) is 9.40. The number of furan rings is 1. The summed E-state index contributed by atoms with van der Waals surface area (Å²) >= 11 is 1.15. The summed E-state index contributed by atoms with van der Waals surface area (Å²) in [5, 5.41) is 11.7. The number of carbonyl (C=O) groups excluding carboxylic acids is 1. The molecule has 3 aromatic carbocycles. The molecule has 0 saturated heterocycles. The Morgan fingerprint density at radius 2 is 1.66 bits per heavy atom. The monoisotopic (exact) mass is 483 g/mol. The van der Waals surface area contributed by atoms with E-state index in [0.717, 1.165) is 11.8 Å². The molecule has 0 aliphatic heterocycles. The lowest BCUT2D eigenvalue weighted by Crippen LogP contribution is -2.22. The molecular weight excluding hydrogens is 466 g/mol. The zero-order valence-electron chi connectivity index (χ0n) is 18.2. The summed E-state index contributed by atoms with van der Waals surface area (Å²) < 4.78 is 7.21. The predicted molar refractivity (Wildman–Crippen MR) is 133 cm³/mol. The number of nitro groups is 1. The van der Waals surface area contributed by atoms with Gasteiger partial charge in [-0.1, -0.05) is 42.1 Å². The van der Waals surface area contributed by atoms with Crippen molar-refractivity contribution in [1.29, 1.82) is 0 Å². The third-order valence-electron chi connectivity index (χ3n) is 5.34. The first-order chi connectivity index (χ1) is 17.0. The summed E-state index contributed by atoms with van der Waals surface area (Å²) in [5.41, 5.74) is 1.59. The second-order valence-electron chi connectivity index (χ2n) is 7.57. The molecule has 5 rings (SSSR count). The standard InChI is InChI=1S/C26H17N3O5S/c30-22(24-15-14-23(34-24)17-10-12-19(13-11-17)29(32)33)16-35-26-27-21-9-5-4-8-20(21)25(31)28(26)18-6-2-1-3-7-18/h1-15H,16H2. The molecule has 8 nitrogen and oxygen atoms in total. The summed E-state index contributed by atoms with van der Waals surface area (Å²) in [7, 11) is 0. The molecule has 0 fully saturated rings.